The fourth-order valence-corrected chi connectivity index (χ4v) is 1.68. The number of rotatable bonds is 1. The van der Waals surface area contributed by atoms with Gasteiger partial charge in [0.15, 0.2) is 0 Å². The molecule has 0 N–H and O–H groups in total. The summed E-state index contributed by atoms with van der Waals surface area (Å²) in [6, 6.07) is 0. The molecule has 2 aliphatic carbocycles. The van der Waals surface area contributed by atoms with E-state index in [9.17, 15) is 0 Å². The maximum Gasteiger partial charge on any atom is -0.0103 e. The van der Waals surface area contributed by atoms with Crippen LogP contribution in [0.25, 0.3) is 0 Å². The summed E-state index contributed by atoms with van der Waals surface area (Å²) >= 11 is 0. The first-order chi connectivity index (χ1) is 7.97. The Kier molecular flexibility index (Phi) is 3.95. The molecule has 0 aromatic heterocycles. The zero-order valence-corrected chi connectivity index (χ0v) is 9.27. The predicted octanol–water partition coefficient (Wildman–Crippen LogP) is 4.23. The van der Waals surface area contributed by atoms with Gasteiger partial charge in [-0.3, -0.25) is 0 Å². The molecule has 0 bridgehead atoms. The molecule has 0 heteroatoms. The molecule has 0 nitrogen and oxygen atoms in total. The lowest BCUT2D eigenvalue weighted by Gasteiger charge is -2.07. The van der Waals surface area contributed by atoms with Crippen LogP contribution in [-0.4, -0.2) is 0 Å². The molecule has 0 amide bonds. The highest BCUT2D eigenvalue weighted by Crippen LogP contribution is 2.20. The van der Waals surface area contributed by atoms with Gasteiger partial charge in [0.1, 0.15) is 0 Å². The van der Waals surface area contributed by atoms with E-state index in [1.807, 2.05) is 24.3 Å². The van der Waals surface area contributed by atoms with Crippen LogP contribution in [-0.2, 0) is 0 Å². The SMILES string of the molecule is [C]1=C(/C2=C\C=C/C=C\CC2)\C=C/C=C\C=C/1. The van der Waals surface area contributed by atoms with Gasteiger partial charge in [-0.1, -0.05) is 66.8 Å². The molecule has 0 aromatic rings. The molecule has 0 aromatic carbocycles. The van der Waals surface area contributed by atoms with Crippen LogP contribution in [0.2, 0.25) is 0 Å². The van der Waals surface area contributed by atoms with E-state index in [1.165, 1.54) is 11.1 Å². The van der Waals surface area contributed by atoms with Crippen LogP contribution in [0.4, 0.5) is 0 Å². The van der Waals surface area contributed by atoms with E-state index < -0.39 is 0 Å². The van der Waals surface area contributed by atoms with Gasteiger partial charge in [-0.15, -0.1) is 0 Å². The van der Waals surface area contributed by atoms with Gasteiger partial charge in [-0.25, -0.2) is 0 Å². The molecule has 0 heterocycles. The normalized spacial score (nSPS) is 36.0. The average Bonchev–Trinajstić information content (AvgIpc) is 2.18. The Bertz CT molecular complexity index is 435. The minimum Gasteiger partial charge on any atom is -0.0842 e. The largest absolute Gasteiger partial charge is 0.0842 e. The highest BCUT2D eigenvalue weighted by atomic mass is 14.1. The zero-order valence-electron chi connectivity index (χ0n) is 9.27. The van der Waals surface area contributed by atoms with Gasteiger partial charge in [0.25, 0.3) is 0 Å². The Hall–Kier alpha value is -1.82. The first-order valence-electron chi connectivity index (χ1n) is 5.63. The van der Waals surface area contributed by atoms with Crippen LogP contribution in [0.15, 0.2) is 78.0 Å². The first-order valence-corrected chi connectivity index (χ1v) is 5.63. The average molecular weight is 207 g/mol. The fraction of sp³-hybridized carbons (Fsp3) is 0.125. The van der Waals surface area contributed by atoms with Gasteiger partial charge in [0.2, 0.25) is 0 Å². The summed E-state index contributed by atoms with van der Waals surface area (Å²) in [7, 11) is 0. The summed E-state index contributed by atoms with van der Waals surface area (Å²) in [5, 5.41) is 0. The van der Waals surface area contributed by atoms with Crippen LogP contribution < -0.4 is 0 Å². The molecule has 0 spiro atoms. The minimum absolute atomic E-state index is 1.07. The molecule has 0 fully saturated rings. The van der Waals surface area contributed by atoms with E-state index in [0.29, 0.717) is 0 Å². The lowest BCUT2D eigenvalue weighted by Crippen LogP contribution is -1.89. The standard InChI is InChI=1S/C16H15/c1-3-7-11-15(12-8-4-1)16-13-9-5-2-6-10-14-16/h1-9,11,13H,10,14H2/b3-1-,4-1?,6-2-,7-3?,8-4-,9-5-,11-7-,12-8?,15-11?,15-12?,16-13-. The number of allylic oxidation sites excluding steroid dienone is 14. The highest BCUT2D eigenvalue weighted by Gasteiger charge is 2.01. The van der Waals surface area contributed by atoms with Crippen LogP contribution in [0.1, 0.15) is 12.8 Å². The molecule has 0 saturated carbocycles. The summed E-state index contributed by atoms with van der Waals surface area (Å²) < 4.78 is 0. The second-order valence-corrected chi connectivity index (χ2v) is 3.70. The van der Waals surface area contributed by atoms with Crippen molar-refractivity contribution < 1.29 is 0 Å². The van der Waals surface area contributed by atoms with Gasteiger partial charge in [-0.05, 0) is 30.1 Å². The van der Waals surface area contributed by atoms with Crippen molar-refractivity contribution in [1.29, 1.82) is 0 Å². The van der Waals surface area contributed by atoms with Crippen molar-refractivity contribution in [1.82, 2.24) is 0 Å². The molecular formula is C16H15. The van der Waals surface area contributed by atoms with Gasteiger partial charge in [0.05, 0.1) is 0 Å². The molecule has 2 aliphatic rings. The van der Waals surface area contributed by atoms with E-state index in [4.69, 9.17) is 0 Å². The Morgan fingerprint density at radius 1 is 0.875 bits per heavy atom. The third kappa shape index (κ3) is 3.09. The Morgan fingerprint density at radius 2 is 1.75 bits per heavy atom. The Morgan fingerprint density at radius 3 is 2.75 bits per heavy atom. The zero-order chi connectivity index (χ0) is 11.1. The second kappa shape index (κ2) is 5.92. The third-order valence-corrected chi connectivity index (χ3v) is 2.51. The van der Waals surface area contributed by atoms with E-state index >= 15 is 0 Å². The van der Waals surface area contributed by atoms with E-state index in [2.05, 4.69) is 48.6 Å². The van der Waals surface area contributed by atoms with Crippen molar-refractivity contribution >= 4 is 0 Å². The third-order valence-electron chi connectivity index (χ3n) is 2.51. The first kappa shape index (κ1) is 10.7. The van der Waals surface area contributed by atoms with Crippen molar-refractivity contribution in [2.45, 2.75) is 12.8 Å². The Balaban J connectivity index is 2.23. The van der Waals surface area contributed by atoms with Crippen LogP contribution >= 0.6 is 0 Å². The van der Waals surface area contributed by atoms with Gasteiger partial charge in [0, 0.05) is 0 Å². The van der Waals surface area contributed by atoms with Gasteiger partial charge in [-0.2, -0.15) is 0 Å². The van der Waals surface area contributed by atoms with Crippen LogP contribution in [0.5, 0.6) is 0 Å². The molecular weight excluding hydrogens is 192 g/mol. The van der Waals surface area contributed by atoms with Gasteiger partial charge >= 0.3 is 0 Å². The molecule has 0 atom stereocenters. The molecule has 1 radical (unpaired) electrons. The number of hydrogen-bond acceptors (Lipinski definition) is 0. The van der Waals surface area contributed by atoms with Crippen LogP contribution in [0, 0.1) is 6.08 Å². The predicted molar refractivity (Wildman–Crippen MR) is 69.8 cm³/mol. The van der Waals surface area contributed by atoms with Gasteiger partial charge < -0.3 is 0 Å². The molecule has 16 heavy (non-hydrogen) atoms. The quantitative estimate of drug-likeness (QED) is 0.603. The lowest BCUT2D eigenvalue weighted by molar-refractivity contribution is 0.990. The molecule has 79 valence electrons. The van der Waals surface area contributed by atoms with E-state index in [0.717, 1.165) is 12.8 Å². The smallest absolute Gasteiger partial charge is 0.0103 e. The summed E-state index contributed by atoms with van der Waals surface area (Å²) in [5.74, 6) is 0. The highest BCUT2D eigenvalue weighted by molar-refractivity contribution is 5.44. The van der Waals surface area contributed by atoms with E-state index in [-0.39, 0.29) is 0 Å². The fourth-order valence-electron chi connectivity index (χ4n) is 1.68. The summed E-state index contributed by atoms with van der Waals surface area (Å²) in [4.78, 5) is 0. The van der Waals surface area contributed by atoms with Crippen molar-refractivity contribution in [3.63, 3.8) is 0 Å². The van der Waals surface area contributed by atoms with Crippen molar-refractivity contribution in [3.05, 3.63) is 84.1 Å². The molecule has 0 saturated heterocycles. The second-order valence-electron chi connectivity index (χ2n) is 3.70. The molecule has 0 unspecified atom stereocenters. The lowest BCUT2D eigenvalue weighted by atomic mass is 9.97. The maximum atomic E-state index is 3.31. The van der Waals surface area contributed by atoms with Crippen molar-refractivity contribution in [3.8, 4) is 0 Å². The van der Waals surface area contributed by atoms with Crippen molar-refractivity contribution in [2.24, 2.45) is 0 Å². The summed E-state index contributed by atoms with van der Waals surface area (Å²) in [5.41, 5.74) is 2.53. The molecule has 0 aliphatic heterocycles. The van der Waals surface area contributed by atoms with Crippen molar-refractivity contribution in [2.75, 3.05) is 0 Å². The molecule has 2 rings (SSSR count). The van der Waals surface area contributed by atoms with E-state index in [1.54, 1.807) is 0 Å². The van der Waals surface area contributed by atoms with Crippen LogP contribution in [0.3, 0.4) is 0 Å². The Labute approximate surface area is 97.4 Å². The number of hydrogen-bond donors (Lipinski definition) is 0. The topological polar surface area (TPSA) is 0 Å². The minimum atomic E-state index is 1.07. The monoisotopic (exact) mass is 207 g/mol. The summed E-state index contributed by atoms with van der Waals surface area (Å²) in [6.07, 6.45) is 28.3. The summed E-state index contributed by atoms with van der Waals surface area (Å²) in [6.45, 7) is 0. The maximum absolute atomic E-state index is 3.31.